The van der Waals surface area contributed by atoms with Crippen molar-refractivity contribution in [3.8, 4) is 0 Å². The van der Waals surface area contributed by atoms with Crippen LogP contribution in [-0.2, 0) is 6.54 Å². The van der Waals surface area contributed by atoms with Crippen molar-refractivity contribution in [3.63, 3.8) is 0 Å². The predicted octanol–water partition coefficient (Wildman–Crippen LogP) is 3.35. The molecule has 1 aromatic carbocycles. The molecule has 0 bridgehead atoms. The molecule has 0 radical (unpaired) electrons. The van der Waals surface area contributed by atoms with Gasteiger partial charge in [0.2, 0.25) is 0 Å². The quantitative estimate of drug-likeness (QED) is 0.858. The summed E-state index contributed by atoms with van der Waals surface area (Å²) in [5, 5.41) is 3.09. The van der Waals surface area contributed by atoms with Crippen molar-refractivity contribution in [2.45, 2.75) is 19.5 Å². The van der Waals surface area contributed by atoms with E-state index in [1.54, 1.807) is 12.4 Å². The third-order valence-electron chi connectivity index (χ3n) is 2.84. The first-order valence-electron chi connectivity index (χ1n) is 5.84. The van der Waals surface area contributed by atoms with Gasteiger partial charge < -0.3 is 5.32 Å². The van der Waals surface area contributed by atoms with Gasteiger partial charge in [-0.15, -0.1) is 0 Å². The summed E-state index contributed by atoms with van der Waals surface area (Å²) in [5.41, 5.74) is 1.32. The van der Waals surface area contributed by atoms with Gasteiger partial charge in [0, 0.05) is 25.0 Å². The van der Waals surface area contributed by atoms with Crippen molar-refractivity contribution in [1.29, 1.82) is 0 Å². The molecular formula is C14H13F3N2. The first kappa shape index (κ1) is 13.5. The number of benzene rings is 1. The van der Waals surface area contributed by atoms with E-state index in [0.29, 0.717) is 5.56 Å². The summed E-state index contributed by atoms with van der Waals surface area (Å²) in [6.07, 6.45) is 3.38. The van der Waals surface area contributed by atoms with Gasteiger partial charge in [-0.25, -0.2) is 13.2 Å². The van der Waals surface area contributed by atoms with Crippen molar-refractivity contribution < 1.29 is 13.2 Å². The van der Waals surface area contributed by atoms with E-state index in [-0.39, 0.29) is 12.6 Å². The molecule has 2 nitrogen and oxygen atoms in total. The van der Waals surface area contributed by atoms with Crippen LogP contribution < -0.4 is 5.32 Å². The standard InChI is InChI=1S/C14H13F3N2/c1-9(11-3-2-4-18-8-11)19-7-10-5-12(15)14(17)13(16)6-10/h2-6,8-9,19H,7H2,1H3. The number of hydrogen-bond donors (Lipinski definition) is 1. The zero-order chi connectivity index (χ0) is 13.8. The second kappa shape index (κ2) is 5.84. The van der Waals surface area contributed by atoms with Gasteiger partial charge in [-0.05, 0) is 36.2 Å². The number of aromatic nitrogens is 1. The van der Waals surface area contributed by atoms with Crippen LogP contribution >= 0.6 is 0 Å². The Balaban J connectivity index is 2.03. The first-order valence-corrected chi connectivity index (χ1v) is 5.84. The summed E-state index contributed by atoms with van der Waals surface area (Å²) >= 11 is 0. The van der Waals surface area contributed by atoms with Crippen LogP contribution in [-0.4, -0.2) is 4.98 Å². The normalized spacial score (nSPS) is 12.4. The molecule has 0 saturated heterocycles. The Labute approximate surface area is 109 Å². The Kier molecular flexibility index (Phi) is 4.16. The van der Waals surface area contributed by atoms with Crippen LogP contribution in [0.1, 0.15) is 24.1 Å². The minimum Gasteiger partial charge on any atom is -0.306 e. The van der Waals surface area contributed by atoms with Gasteiger partial charge >= 0.3 is 0 Å². The third kappa shape index (κ3) is 3.32. The lowest BCUT2D eigenvalue weighted by molar-refractivity contribution is 0.443. The van der Waals surface area contributed by atoms with Crippen molar-refractivity contribution in [1.82, 2.24) is 10.3 Å². The van der Waals surface area contributed by atoms with Crippen LogP contribution in [0.3, 0.4) is 0 Å². The van der Waals surface area contributed by atoms with E-state index in [1.807, 2.05) is 19.1 Å². The molecule has 2 aromatic rings. The van der Waals surface area contributed by atoms with Crippen LogP contribution in [0.25, 0.3) is 0 Å². The molecule has 19 heavy (non-hydrogen) atoms. The second-order valence-corrected chi connectivity index (χ2v) is 4.26. The highest BCUT2D eigenvalue weighted by atomic mass is 19.2. The molecule has 1 atom stereocenters. The fourth-order valence-corrected chi connectivity index (χ4v) is 1.73. The molecule has 1 aromatic heterocycles. The van der Waals surface area contributed by atoms with Crippen molar-refractivity contribution in [2.24, 2.45) is 0 Å². The Morgan fingerprint density at radius 2 is 1.89 bits per heavy atom. The summed E-state index contributed by atoms with van der Waals surface area (Å²) in [7, 11) is 0. The van der Waals surface area contributed by atoms with Gasteiger partial charge in [-0.1, -0.05) is 6.07 Å². The summed E-state index contributed by atoms with van der Waals surface area (Å²) < 4.78 is 38.9. The van der Waals surface area contributed by atoms with Gasteiger partial charge in [0.05, 0.1) is 0 Å². The lowest BCUT2D eigenvalue weighted by Gasteiger charge is -2.14. The number of nitrogens with one attached hydrogen (secondary N) is 1. The first-order chi connectivity index (χ1) is 9.08. The van der Waals surface area contributed by atoms with E-state index in [2.05, 4.69) is 10.3 Å². The zero-order valence-electron chi connectivity index (χ0n) is 10.3. The van der Waals surface area contributed by atoms with Crippen LogP contribution in [0.4, 0.5) is 13.2 Å². The van der Waals surface area contributed by atoms with Crippen molar-refractivity contribution >= 4 is 0 Å². The number of hydrogen-bond acceptors (Lipinski definition) is 2. The maximum Gasteiger partial charge on any atom is 0.194 e. The molecule has 0 aliphatic carbocycles. The van der Waals surface area contributed by atoms with Gasteiger partial charge in [0.1, 0.15) is 0 Å². The Morgan fingerprint density at radius 1 is 1.21 bits per heavy atom. The summed E-state index contributed by atoms with van der Waals surface area (Å²) in [4.78, 5) is 3.99. The topological polar surface area (TPSA) is 24.9 Å². The fourth-order valence-electron chi connectivity index (χ4n) is 1.73. The number of rotatable bonds is 4. The lowest BCUT2D eigenvalue weighted by Crippen LogP contribution is -2.18. The fraction of sp³-hybridized carbons (Fsp3) is 0.214. The monoisotopic (exact) mass is 266 g/mol. The molecule has 2 rings (SSSR count). The van der Waals surface area contributed by atoms with Gasteiger partial charge in [-0.2, -0.15) is 0 Å². The molecular weight excluding hydrogens is 253 g/mol. The number of halogens is 3. The van der Waals surface area contributed by atoms with E-state index in [4.69, 9.17) is 0 Å². The molecule has 0 aliphatic heterocycles. The minimum atomic E-state index is -1.44. The highest BCUT2D eigenvalue weighted by molar-refractivity contribution is 5.20. The molecule has 0 aliphatic rings. The molecule has 1 N–H and O–H groups in total. The predicted molar refractivity (Wildman–Crippen MR) is 65.8 cm³/mol. The average molecular weight is 266 g/mol. The van der Waals surface area contributed by atoms with Crippen LogP contribution in [0, 0.1) is 17.5 Å². The molecule has 1 unspecified atom stereocenters. The van der Waals surface area contributed by atoms with Crippen molar-refractivity contribution in [2.75, 3.05) is 0 Å². The molecule has 1 heterocycles. The Hall–Kier alpha value is -1.88. The molecule has 100 valence electrons. The summed E-state index contributed by atoms with van der Waals surface area (Å²) in [5.74, 6) is -3.79. The number of pyridine rings is 1. The molecule has 5 heteroatoms. The van der Waals surface area contributed by atoms with E-state index in [1.165, 1.54) is 0 Å². The molecule has 0 spiro atoms. The molecule has 0 saturated carbocycles. The van der Waals surface area contributed by atoms with Crippen LogP contribution in [0.2, 0.25) is 0 Å². The van der Waals surface area contributed by atoms with E-state index in [0.717, 1.165) is 17.7 Å². The van der Waals surface area contributed by atoms with E-state index in [9.17, 15) is 13.2 Å². The maximum absolute atomic E-state index is 13.0. The van der Waals surface area contributed by atoms with Gasteiger partial charge in [-0.3, -0.25) is 4.98 Å². The van der Waals surface area contributed by atoms with Crippen LogP contribution in [0.5, 0.6) is 0 Å². The van der Waals surface area contributed by atoms with Crippen molar-refractivity contribution in [3.05, 3.63) is 65.2 Å². The summed E-state index contributed by atoms with van der Waals surface area (Å²) in [6.45, 7) is 2.15. The Morgan fingerprint density at radius 3 is 2.47 bits per heavy atom. The largest absolute Gasteiger partial charge is 0.306 e. The lowest BCUT2D eigenvalue weighted by atomic mass is 10.1. The third-order valence-corrected chi connectivity index (χ3v) is 2.84. The summed E-state index contributed by atoms with van der Waals surface area (Å²) in [6, 6.07) is 5.66. The molecule has 0 fully saturated rings. The average Bonchev–Trinajstić information content (AvgIpc) is 2.43. The van der Waals surface area contributed by atoms with E-state index >= 15 is 0 Å². The SMILES string of the molecule is CC(NCc1cc(F)c(F)c(F)c1)c1cccnc1. The minimum absolute atomic E-state index is 0.0233. The zero-order valence-corrected chi connectivity index (χ0v) is 10.3. The van der Waals surface area contributed by atoms with Crippen LogP contribution in [0.15, 0.2) is 36.7 Å². The van der Waals surface area contributed by atoms with Gasteiger partial charge in [0.25, 0.3) is 0 Å². The second-order valence-electron chi connectivity index (χ2n) is 4.26. The highest BCUT2D eigenvalue weighted by Crippen LogP contribution is 2.15. The molecule has 0 amide bonds. The smallest absolute Gasteiger partial charge is 0.194 e. The maximum atomic E-state index is 13.0. The number of nitrogens with zero attached hydrogens (tertiary/aromatic N) is 1. The Bertz CT molecular complexity index is 535. The van der Waals surface area contributed by atoms with Gasteiger partial charge in [0.15, 0.2) is 17.5 Å². The van der Waals surface area contributed by atoms with E-state index < -0.39 is 17.5 Å². The highest BCUT2D eigenvalue weighted by Gasteiger charge is 2.11.